The largest absolute Gasteiger partial charge is 0.367 e. The first-order valence-electron chi connectivity index (χ1n) is 8.50. The average Bonchev–Trinajstić information content (AvgIpc) is 2.59. The lowest BCUT2D eigenvalue weighted by Crippen LogP contribution is -2.41. The fourth-order valence-electron chi connectivity index (χ4n) is 2.88. The standard InChI is InChI=1S/C19H28N2O2/c1-2-3-11-21-12-7-10-18(14-21)13-20-19(22)16-23-15-17-8-5-4-6-9-17/h2-6,8-9,18H,7,10-16H2,1H3,(H,20,22)/b3-2+. The third kappa shape index (κ3) is 6.97. The third-order valence-electron chi connectivity index (χ3n) is 4.14. The lowest BCUT2D eigenvalue weighted by atomic mass is 9.98. The van der Waals surface area contributed by atoms with E-state index in [-0.39, 0.29) is 12.5 Å². The van der Waals surface area contributed by atoms with Gasteiger partial charge in [-0.25, -0.2) is 0 Å². The first kappa shape index (κ1) is 17.7. The van der Waals surface area contributed by atoms with Crippen molar-refractivity contribution in [3.63, 3.8) is 0 Å². The molecule has 126 valence electrons. The molecule has 1 aromatic rings. The van der Waals surface area contributed by atoms with Gasteiger partial charge in [0.15, 0.2) is 0 Å². The van der Waals surface area contributed by atoms with Gasteiger partial charge in [0.1, 0.15) is 6.61 Å². The predicted octanol–water partition coefficient (Wildman–Crippen LogP) is 2.61. The van der Waals surface area contributed by atoms with Crippen LogP contribution < -0.4 is 5.32 Å². The zero-order valence-corrected chi connectivity index (χ0v) is 14.0. The van der Waals surface area contributed by atoms with Crippen LogP contribution in [-0.4, -0.2) is 43.6 Å². The summed E-state index contributed by atoms with van der Waals surface area (Å²) in [6.45, 7) is 6.65. The monoisotopic (exact) mass is 316 g/mol. The molecule has 0 aromatic heterocycles. The SMILES string of the molecule is C/C=C/CN1CCCC(CNC(=O)COCc2ccccc2)C1. The number of rotatable bonds is 8. The number of benzene rings is 1. The summed E-state index contributed by atoms with van der Waals surface area (Å²) in [7, 11) is 0. The Morgan fingerprint density at radius 2 is 2.22 bits per heavy atom. The van der Waals surface area contributed by atoms with E-state index in [1.807, 2.05) is 30.3 Å². The van der Waals surface area contributed by atoms with Crippen molar-refractivity contribution in [2.24, 2.45) is 5.92 Å². The van der Waals surface area contributed by atoms with Crippen molar-refractivity contribution in [2.75, 3.05) is 32.8 Å². The molecule has 1 amide bonds. The van der Waals surface area contributed by atoms with Gasteiger partial charge in [-0.15, -0.1) is 0 Å². The van der Waals surface area contributed by atoms with Crippen molar-refractivity contribution in [1.29, 1.82) is 0 Å². The summed E-state index contributed by atoms with van der Waals surface area (Å²) >= 11 is 0. The normalized spacial score (nSPS) is 19.1. The maximum Gasteiger partial charge on any atom is 0.246 e. The Balaban J connectivity index is 1.60. The van der Waals surface area contributed by atoms with E-state index in [9.17, 15) is 4.79 Å². The smallest absolute Gasteiger partial charge is 0.246 e. The van der Waals surface area contributed by atoms with Crippen LogP contribution in [-0.2, 0) is 16.1 Å². The minimum atomic E-state index is -0.0218. The summed E-state index contributed by atoms with van der Waals surface area (Å²) in [6.07, 6.45) is 6.69. The highest BCUT2D eigenvalue weighted by Crippen LogP contribution is 2.15. The minimum absolute atomic E-state index is 0.0218. The van der Waals surface area contributed by atoms with Crippen LogP contribution >= 0.6 is 0 Å². The van der Waals surface area contributed by atoms with Gasteiger partial charge in [-0.05, 0) is 37.8 Å². The molecule has 2 rings (SSSR count). The molecule has 1 fully saturated rings. The van der Waals surface area contributed by atoms with Gasteiger partial charge in [0.2, 0.25) is 5.91 Å². The second kappa shape index (κ2) is 10.2. The maximum atomic E-state index is 11.9. The Morgan fingerprint density at radius 1 is 1.39 bits per heavy atom. The van der Waals surface area contributed by atoms with Crippen LogP contribution in [0.3, 0.4) is 0 Å². The van der Waals surface area contributed by atoms with Gasteiger partial charge in [-0.1, -0.05) is 42.5 Å². The molecule has 1 aliphatic rings. The summed E-state index contributed by atoms with van der Waals surface area (Å²) in [5.41, 5.74) is 1.09. The van der Waals surface area contributed by atoms with Crippen molar-refractivity contribution >= 4 is 5.91 Å². The van der Waals surface area contributed by atoms with Crippen LogP contribution in [0.25, 0.3) is 0 Å². The van der Waals surface area contributed by atoms with Gasteiger partial charge in [0.25, 0.3) is 0 Å². The Kier molecular flexibility index (Phi) is 7.84. The Labute approximate surface area is 139 Å². The number of carbonyl (C=O) groups is 1. The molecule has 4 nitrogen and oxygen atoms in total. The molecule has 0 saturated carbocycles. The van der Waals surface area contributed by atoms with Crippen LogP contribution in [0.4, 0.5) is 0 Å². The molecule has 4 heteroatoms. The third-order valence-corrected chi connectivity index (χ3v) is 4.14. The molecular weight excluding hydrogens is 288 g/mol. The zero-order chi connectivity index (χ0) is 16.3. The number of amides is 1. The molecule has 1 heterocycles. The zero-order valence-electron chi connectivity index (χ0n) is 14.0. The van der Waals surface area contributed by atoms with E-state index in [2.05, 4.69) is 29.3 Å². The Bertz CT molecular complexity index is 487. The first-order valence-corrected chi connectivity index (χ1v) is 8.50. The summed E-state index contributed by atoms with van der Waals surface area (Å²) in [6, 6.07) is 9.92. The van der Waals surface area contributed by atoms with Gasteiger partial charge in [0.05, 0.1) is 6.61 Å². The van der Waals surface area contributed by atoms with Gasteiger partial charge in [-0.3, -0.25) is 9.69 Å². The topological polar surface area (TPSA) is 41.6 Å². The van der Waals surface area contributed by atoms with E-state index < -0.39 is 0 Å². The van der Waals surface area contributed by atoms with Crippen LogP contribution in [0.5, 0.6) is 0 Å². The lowest BCUT2D eigenvalue weighted by molar-refractivity contribution is -0.126. The second-order valence-corrected chi connectivity index (χ2v) is 6.12. The molecule has 1 atom stereocenters. The molecule has 1 aromatic carbocycles. The number of piperidine rings is 1. The van der Waals surface area contributed by atoms with Crippen LogP contribution in [0, 0.1) is 5.92 Å². The number of hydrogen-bond donors (Lipinski definition) is 1. The maximum absolute atomic E-state index is 11.9. The highest BCUT2D eigenvalue weighted by Gasteiger charge is 2.19. The average molecular weight is 316 g/mol. The highest BCUT2D eigenvalue weighted by atomic mass is 16.5. The van der Waals surface area contributed by atoms with Crippen molar-refractivity contribution in [3.8, 4) is 0 Å². The first-order chi connectivity index (χ1) is 11.3. The number of carbonyl (C=O) groups excluding carboxylic acids is 1. The molecule has 1 saturated heterocycles. The molecular formula is C19H28N2O2. The number of ether oxygens (including phenoxy) is 1. The second-order valence-electron chi connectivity index (χ2n) is 6.12. The molecule has 23 heavy (non-hydrogen) atoms. The van der Waals surface area contributed by atoms with Crippen LogP contribution in [0.15, 0.2) is 42.5 Å². The molecule has 1 unspecified atom stereocenters. The van der Waals surface area contributed by atoms with Crippen LogP contribution in [0.1, 0.15) is 25.3 Å². The van der Waals surface area contributed by atoms with E-state index >= 15 is 0 Å². The van der Waals surface area contributed by atoms with Crippen molar-refractivity contribution in [2.45, 2.75) is 26.4 Å². The summed E-state index contributed by atoms with van der Waals surface area (Å²) in [4.78, 5) is 14.3. The van der Waals surface area contributed by atoms with Gasteiger partial charge < -0.3 is 10.1 Å². The molecule has 0 bridgehead atoms. The van der Waals surface area contributed by atoms with Crippen molar-refractivity contribution < 1.29 is 9.53 Å². The summed E-state index contributed by atoms with van der Waals surface area (Å²) in [5, 5.41) is 3.01. The quantitative estimate of drug-likeness (QED) is 0.750. The van der Waals surface area contributed by atoms with E-state index in [0.717, 1.165) is 31.7 Å². The summed E-state index contributed by atoms with van der Waals surface area (Å²) in [5.74, 6) is 0.526. The Morgan fingerprint density at radius 3 is 3.00 bits per heavy atom. The molecule has 0 spiro atoms. The predicted molar refractivity (Wildman–Crippen MR) is 93.1 cm³/mol. The number of hydrogen-bond acceptors (Lipinski definition) is 3. The molecule has 0 aliphatic carbocycles. The van der Waals surface area contributed by atoms with Gasteiger partial charge in [0, 0.05) is 19.6 Å². The summed E-state index contributed by atoms with van der Waals surface area (Å²) < 4.78 is 5.46. The van der Waals surface area contributed by atoms with E-state index in [0.29, 0.717) is 12.5 Å². The number of nitrogens with zero attached hydrogens (tertiary/aromatic N) is 1. The van der Waals surface area contributed by atoms with E-state index in [4.69, 9.17) is 4.74 Å². The van der Waals surface area contributed by atoms with Gasteiger partial charge in [-0.2, -0.15) is 0 Å². The fourth-order valence-corrected chi connectivity index (χ4v) is 2.88. The van der Waals surface area contributed by atoms with Crippen molar-refractivity contribution in [3.05, 3.63) is 48.0 Å². The number of likely N-dealkylation sites (tertiary alicyclic amines) is 1. The van der Waals surface area contributed by atoms with Gasteiger partial charge >= 0.3 is 0 Å². The van der Waals surface area contributed by atoms with Crippen LogP contribution in [0.2, 0.25) is 0 Å². The highest BCUT2D eigenvalue weighted by molar-refractivity contribution is 5.77. The van der Waals surface area contributed by atoms with E-state index in [1.165, 1.54) is 12.8 Å². The van der Waals surface area contributed by atoms with E-state index in [1.54, 1.807) is 0 Å². The fraction of sp³-hybridized carbons (Fsp3) is 0.526. The molecule has 1 aliphatic heterocycles. The minimum Gasteiger partial charge on any atom is -0.367 e. The molecule has 1 N–H and O–H groups in total. The number of allylic oxidation sites excluding steroid dienone is 1. The molecule has 0 radical (unpaired) electrons. The Hall–Kier alpha value is -1.65. The lowest BCUT2D eigenvalue weighted by Gasteiger charge is -2.32. The van der Waals surface area contributed by atoms with Crippen molar-refractivity contribution in [1.82, 2.24) is 10.2 Å². The number of nitrogens with one attached hydrogen (secondary N) is 1.